The van der Waals surface area contributed by atoms with Gasteiger partial charge < -0.3 is 10.8 Å². The van der Waals surface area contributed by atoms with Crippen molar-refractivity contribution < 1.29 is 9.90 Å². The summed E-state index contributed by atoms with van der Waals surface area (Å²) in [6.07, 6.45) is 7.14. The fourth-order valence-corrected chi connectivity index (χ4v) is 5.05. The van der Waals surface area contributed by atoms with Gasteiger partial charge in [-0.2, -0.15) is 0 Å². The van der Waals surface area contributed by atoms with Gasteiger partial charge in [-0.15, -0.1) is 17.0 Å². The van der Waals surface area contributed by atoms with Crippen LogP contribution in [0, 0.1) is 17.3 Å². The molecule has 2 atom stereocenters. The fourth-order valence-electron chi connectivity index (χ4n) is 5.05. The van der Waals surface area contributed by atoms with Gasteiger partial charge >= 0.3 is 5.97 Å². The number of hydrogen-bond donors (Lipinski definition) is 2. The molecule has 2 unspecified atom stereocenters. The van der Waals surface area contributed by atoms with E-state index in [1.807, 2.05) is 0 Å². The van der Waals surface area contributed by atoms with Gasteiger partial charge in [0.25, 0.3) is 0 Å². The Kier molecular flexibility index (Phi) is 2.86. The van der Waals surface area contributed by atoms with Gasteiger partial charge in [-0.1, -0.05) is 0 Å². The van der Waals surface area contributed by atoms with E-state index >= 15 is 0 Å². The molecule has 0 aromatic carbocycles. The number of carboxylic acid groups (broad SMARTS) is 1. The number of carboxylic acids is 1. The van der Waals surface area contributed by atoms with Gasteiger partial charge in [0.15, 0.2) is 0 Å². The normalized spacial score (nSPS) is 48.8. The zero-order valence-corrected chi connectivity index (χ0v) is 11.2. The molecule has 16 heavy (non-hydrogen) atoms. The third-order valence-electron chi connectivity index (χ3n) is 4.75. The monoisotopic (exact) mass is 289 g/mol. The molecule has 4 aliphatic carbocycles. The van der Waals surface area contributed by atoms with E-state index in [1.54, 1.807) is 0 Å². The Morgan fingerprint density at radius 3 is 2.25 bits per heavy atom. The topological polar surface area (TPSA) is 63.3 Å². The van der Waals surface area contributed by atoms with E-state index in [0.717, 1.165) is 43.9 Å². The lowest BCUT2D eigenvalue weighted by Crippen LogP contribution is -2.60. The maximum Gasteiger partial charge on any atom is 0.303 e. The first-order valence-corrected chi connectivity index (χ1v) is 5.99. The molecule has 3 N–H and O–H groups in total. The van der Waals surface area contributed by atoms with E-state index in [9.17, 15) is 4.79 Å². The predicted octanol–water partition coefficient (Wildman–Crippen LogP) is 2.34. The van der Waals surface area contributed by atoms with Crippen LogP contribution < -0.4 is 5.73 Å². The second kappa shape index (κ2) is 3.70. The van der Waals surface area contributed by atoms with Crippen LogP contribution in [0.2, 0.25) is 0 Å². The molecular formula is C12H20BrNO2. The van der Waals surface area contributed by atoms with E-state index in [-0.39, 0.29) is 27.9 Å². The van der Waals surface area contributed by atoms with E-state index in [1.165, 1.54) is 6.42 Å². The largest absolute Gasteiger partial charge is 0.481 e. The molecule has 4 saturated carbocycles. The lowest BCUT2D eigenvalue weighted by Gasteiger charge is -2.60. The van der Waals surface area contributed by atoms with Crippen LogP contribution in [0.15, 0.2) is 0 Å². The summed E-state index contributed by atoms with van der Waals surface area (Å²) < 4.78 is 0. The zero-order valence-electron chi connectivity index (χ0n) is 9.45. The van der Waals surface area contributed by atoms with E-state index < -0.39 is 5.97 Å². The quantitative estimate of drug-likeness (QED) is 0.820. The average molecular weight is 290 g/mol. The number of rotatable bonds is 2. The highest BCUT2D eigenvalue weighted by Gasteiger charge is 2.56. The fraction of sp³-hybridized carbons (Fsp3) is 0.917. The van der Waals surface area contributed by atoms with Crippen molar-refractivity contribution >= 4 is 23.0 Å². The molecule has 0 aromatic heterocycles. The second-order valence-corrected chi connectivity index (χ2v) is 6.39. The minimum atomic E-state index is -0.638. The molecule has 0 aromatic rings. The van der Waals surface area contributed by atoms with Gasteiger partial charge in [0.1, 0.15) is 0 Å². The van der Waals surface area contributed by atoms with Crippen LogP contribution in [0.5, 0.6) is 0 Å². The zero-order chi connectivity index (χ0) is 10.7. The van der Waals surface area contributed by atoms with Crippen LogP contribution in [0.25, 0.3) is 0 Å². The van der Waals surface area contributed by atoms with Crippen LogP contribution in [0.3, 0.4) is 0 Å². The standard InChI is InChI=1S/C12H19NO2.BrH/c13-12-4-8-1-9(5-12)3-11(2-8,7-12)6-10(14)15;/h8-9H,1-7,13H2,(H,14,15);1H. The Morgan fingerprint density at radius 2 is 1.81 bits per heavy atom. The van der Waals surface area contributed by atoms with Crippen LogP contribution in [-0.2, 0) is 4.79 Å². The first-order valence-electron chi connectivity index (χ1n) is 5.99. The van der Waals surface area contributed by atoms with E-state index in [0.29, 0.717) is 6.42 Å². The molecule has 0 aliphatic heterocycles. The van der Waals surface area contributed by atoms with Crippen LogP contribution >= 0.6 is 17.0 Å². The van der Waals surface area contributed by atoms with E-state index in [2.05, 4.69) is 0 Å². The molecule has 0 saturated heterocycles. The molecule has 4 heteroatoms. The number of aliphatic carboxylic acids is 1. The van der Waals surface area contributed by atoms with Crippen molar-refractivity contribution in [1.29, 1.82) is 0 Å². The average Bonchev–Trinajstić information content (AvgIpc) is 1.94. The summed E-state index contributed by atoms with van der Waals surface area (Å²) in [6, 6.07) is 0. The number of hydrogen-bond acceptors (Lipinski definition) is 2. The van der Waals surface area contributed by atoms with Gasteiger partial charge in [-0.25, -0.2) is 0 Å². The van der Waals surface area contributed by atoms with Crippen molar-refractivity contribution in [2.75, 3.05) is 0 Å². The Morgan fingerprint density at radius 1 is 1.25 bits per heavy atom. The number of carbonyl (C=O) groups is 1. The van der Waals surface area contributed by atoms with Crippen molar-refractivity contribution in [3.05, 3.63) is 0 Å². The van der Waals surface area contributed by atoms with Crippen LogP contribution in [-0.4, -0.2) is 16.6 Å². The smallest absolute Gasteiger partial charge is 0.303 e. The summed E-state index contributed by atoms with van der Waals surface area (Å²) in [5, 5.41) is 9.02. The van der Waals surface area contributed by atoms with Crippen molar-refractivity contribution in [1.82, 2.24) is 0 Å². The second-order valence-electron chi connectivity index (χ2n) is 6.39. The molecule has 4 aliphatic rings. The SMILES string of the molecule is Br.NC12CC3CC(C1)CC(CC(=O)O)(C3)C2. The molecule has 92 valence electrons. The minimum Gasteiger partial charge on any atom is -0.481 e. The lowest BCUT2D eigenvalue weighted by atomic mass is 9.46. The van der Waals surface area contributed by atoms with Gasteiger partial charge in [0.05, 0.1) is 6.42 Å². The maximum absolute atomic E-state index is 10.9. The highest BCUT2D eigenvalue weighted by atomic mass is 79.9. The summed E-state index contributed by atoms with van der Waals surface area (Å²) in [5.41, 5.74) is 6.43. The van der Waals surface area contributed by atoms with Gasteiger partial charge in [-0.3, -0.25) is 4.79 Å². The molecule has 0 radical (unpaired) electrons. The van der Waals surface area contributed by atoms with Gasteiger partial charge in [0.2, 0.25) is 0 Å². The molecule has 4 bridgehead atoms. The highest BCUT2D eigenvalue weighted by molar-refractivity contribution is 8.93. The molecule has 0 spiro atoms. The minimum absolute atomic E-state index is 0. The van der Waals surface area contributed by atoms with Gasteiger partial charge in [0, 0.05) is 5.54 Å². The molecule has 4 fully saturated rings. The Bertz CT molecular complexity index is 304. The Balaban J connectivity index is 0.000000963. The number of nitrogens with two attached hydrogens (primary N) is 1. The van der Waals surface area contributed by atoms with Crippen molar-refractivity contribution in [3.63, 3.8) is 0 Å². The summed E-state index contributed by atoms with van der Waals surface area (Å²) >= 11 is 0. The van der Waals surface area contributed by atoms with Crippen LogP contribution in [0.4, 0.5) is 0 Å². The first-order chi connectivity index (χ1) is 6.99. The van der Waals surface area contributed by atoms with Crippen molar-refractivity contribution in [2.45, 2.75) is 50.5 Å². The van der Waals surface area contributed by atoms with Crippen molar-refractivity contribution in [3.8, 4) is 0 Å². The summed E-state index contributed by atoms with van der Waals surface area (Å²) in [7, 11) is 0. The highest BCUT2D eigenvalue weighted by Crippen LogP contribution is 2.61. The predicted molar refractivity (Wildman–Crippen MR) is 66.6 cm³/mol. The third kappa shape index (κ3) is 1.90. The number of halogens is 1. The summed E-state index contributed by atoms with van der Waals surface area (Å²) in [5.74, 6) is 0.798. The molecule has 0 amide bonds. The van der Waals surface area contributed by atoms with Crippen molar-refractivity contribution in [2.24, 2.45) is 23.0 Å². The summed E-state index contributed by atoms with van der Waals surface area (Å²) in [6.45, 7) is 0. The third-order valence-corrected chi connectivity index (χ3v) is 4.75. The molecule has 3 nitrogen and oxygen atoms in total. The Labute approximate surface area is 107 Å². The summed E-state index contributed by atoms with van der Waals surface area (Å²) in [4.78, 5) is 10.9. The molecule has 4 rings (SSSR count). The van der Waals surface area contributed by atoms with Crippen LogP contribution in [0.1, 0.15) is 44.9 Å². The molecule has 0 heterocycles. The van der Waals surface area contributed by atoms with Gasteiger partial charge in [-0.05, 0) is 55.8 Å². The maximum atomic E-state index is 10.9. The first kappa shape index (κ1) is 12.4. The Hall–Kier alpha value is -0.0900. The molecular weight excluding hydrogens is 270 g/mol. The van der Waals surface area contributed by atoms with E-state index in [4.69, 9.17) is 10.8 Å². The lowest BCUT2D eigenvalue weighted by molar-refractivity contribution is -0.146.